The van der Waals surface area contributed by atoms with Crippen LogP contribution in [0.3, 0.4) is 0 Å². The summed E-state index contributed by atoms with van der Waals surface area (Å²) in [5.74, 6) is -0.401. The molecule has 1 amide bonds. The summed E-state index contributed by atoms with van der Waals surface area (Å²) < 4.78 is 0. The Morgan fingerprint density at radius 2 is 2.05 bits per heavy atom. The lowest BCUT2D eigenvalue weighted by Gasteiger charge is -2.23. The molecule has 0 aliphatic heterocycles. The Labute approximate surface area is 123 Å². The second kappa shape index (κ2) is 6.67. The van der Waals surface area contributed by atoms with Gasteiger partial charge in [0.1, 0.15) is 5.56 Å². The summed E-state index contributed by atoms with van der Waals surface area (Å²) in [6, 6.07) is 4.45. The van der Waals surface area contributed by atoms with E-state index in [4.69, 9.17) is 5.73 Å². The van der Waals surface area contributed by atoms with Crippen LogP contribution >= 0.6 is 0 Å². The van der Waals surface area contributed by atoms with Gasteiger partial charge in [-0.3, -0.25) is 14.9 Å². The molecule has 6 nitrogen and oxygen atoms in total. The standard InChI is InChI=1S/C15H21N3O3/c1-10-6-5-9-13(18(20)21)14(10)15(19)17-12-8-4-2-3-7-11(12)16/h5-6,9,11-12H,2-4,7-8,16H2,1H3,(H,17,19). The van der Waals surface area contributed by atoms with Crippen molar-refractivity contribution in [2.75, 3.05) is 0 Å². The van der Waals surface area contributed by atoms with Gasteiger partial charge in [0.05, 0.1) is 4.92 Å². The van der Waals surface area contributed by atoms with E-state index in [1.54, 1.807) is 19.1 Å². The third-order valence-corrected chi connectivity index (χ3v) is 4.06. The van der Waals surface area contributed by atoms with Gasteiger partial charge in [-0.1, -0.05) is 31.4 Å². The van der Waals surface area contributed by atoms with Crippen LogP contribution in [0.2, 0.25) is 0 Å². The van der Waals surface area contributed by atoms with E-state index in [9.17, 15) is 14.9 Å². The maximum Gasteiger partial charge on any atom is 0.282 e. The van der Waals surface area contributed by atoms with Gasteiger partial charge >= 0.3 is 0 Å². The summed E-state index contributed by atoms with van der Waals surface area (Å²) in [4.78, 5) is 23.0. The summed E-state index contributed by atoms with van der Waals surface area (Å²) in [7, 11) is 0. The van der Waals surface area contributed by atoms with Crippen LogP contribution in [0.1, 0.15) is 48.0 Å². The molecule has 1 aromatic carbocycles. The van der Waals surface area contributed by atoms with Crippen LogP contribution in [0.25, 0.3) is 0 Å². The minimum absolute atomic E-state index is 0.0838. The van der Waals surface area contributed by atoms with E-state index in [0.29, 0.717) is 5.56 Å². The van der Waals surface area contributed by atoms with Crippen molar-refractivity contribution in [3.8, 4) is 0 Å². The van der Waals surface area contributed by atoms with Gasteiger partial charge in [0, 0.05) is 18.2 Å². The second-order valence-electron chi connectivity index (χ2n) is 5.61. The third kappa shape index (κ3) is 3.58. The highest BCUT2D eigenvalue weighted by Crippen LogP contribution is 2.23. The highest BCUT2D eigenvalue weighted by Gasteiger charge is 2.27. The van der Waals surface area contributed by atoms with E-state index < -0.39 is 10.8 Å². The summed E-state index contributed by atoms with van der Waals surface area (Å²) >= 11 is 0. The number of rotatable bonds is 3. The zero-order chi connectivity index (χ0) is 15.4. The number of nitrogens with one attached hydrogen (secondary N) is 1. The van der Waals surface area contributed by atoms with Crippen molar-refractivity contribution in [3.63, 3.8) is 0 Å². The molecule has 1 aliphatic carbocycles. The van der Waals surface area contributed by atoms with Crippen LogP contribution < -0.4 is 11.1 Å². The molecule has 2 unspecified atom stereocenters. The average Bonchev–Trinajstić information content (AvgIpc) is 2.63. The van der Waals surface area contributed by atoms with Gasteiger partial charge in [-0.25, -0.2) is 0 Å². The van der Waals surface area contributed by atoms with E-state index >= 15 is 0 Å². The molecule has 0 spiro atoms. The van der Waals surface area contributed by atoms with E-state index in [1.165, 1.54) is 6.07 Å². The fourth-order valence-corrected chi connectivity index (χ4v) is 2.86. The molecule has 1 fully saturated rings. The van der Waals surface area contributed by atoms with E-state index in [-0.39, 0.29) is 23.3 Å². The van der Waals surface area contributed by atoms with Gasteiger partial charge in [0.2, 0.25) is 0 Å². The van der Waals surface area contributed by atoms with Crippen LogP contribution in [-0.2, 0) is 0 Å². The first-order valence-corrected chi connectivity index (χ1v) is 7.31. The molecular formula is C15H21N3O3. The van der Waals surface area contributed by atoms with Crippen LogP contribution in [0.15, 0.2) is 18.2 Å². The molecule has 114 valence electrons. The van der Waals surface area contributed by atoms with Gasteiger partial charge in [0.15, 0.2) is 0 Å². The first-order valence-electron chi connectivity index (χ1n) is 7.31. The quantitative estimate of drug-likeness (QED) is 0.507. The van der Waals surface area contributed by atoms with Crippen molar-refractivity contribution in [2.45, 2.75) is 51.1 Å². The molecule has 21 heavy (non-hydrogen) atoms. The second-order valence-corrected chi connectivity index (χ2v) is 5.61. The lowest BCUT2D eigenvalue weighted by molar-refractivity contribution is -0.385. The summed E-state index contributed by atoms with van der Waals surface area (Å²) in [5.41, 5.74) is 6.67. The van der Waals surface area contributed by atoms with Crippen LogP contribution in [0.5, 0.6) is 0 Å². The molecule has 1 aromatic rings. The molecule has 0 radical (unpaired) electrons. The fourth-order valence-electron chi connectivity index (χ4n) is 2.86. The molecule has 2 rings (SSSR count). The van der Waals surface area contributed by atoms with Gasteiger partial charge in [-0.05, 0) is 25.3 Å². The number of carbonyl (C=O) groups is 1. The van der Waals surface area contributed by atoms with Crippen molar-refractivity contribution in [1.29, 1.82) is 0 Å². The van der Waals surface area contributed by atoms with Crippen molar-refractivity contribution in [3.05, 3.63) is 39.4 Å². The Bertz CT molecular complexity index is 545. The Morgan fingerprint density at radius 3 is 2.76 bits per heavy atom. The number of amides is 1. The summed E-state index contributed by atoms with van der Waals surface area (Å²) in [5, 5.41) is 14.0. The zero-order valence-electron chi connectivity index (χ0n) is 12.2. The maximum absolute atomic E-state index is 12.4. The van der Waals surface area contributed by atoms with Gasteiger partial charge in [-0.2, -0.15) is 0 Å². The molecular weight excluding hydrogens is 270 g/mol. The van der Waals surface area contributed by atoms with E-state index in [2.05, 4.69) is 5.32 Å². The highest BCUT2D eigenvalue weighted by molar-refractivity contribution is 5.99. The van der Waals surface area contributed by atoms with Crippen LogP contribution in [0.4, 0.5) is 5.69 Å². The molecule has 2 atom stereocenters. The molecule has 6 heteroatoms. The normalized spacial score (nSPS) is 22.4. The number of hydrogen-bond acceptors (Lipinski definition) is 4. The minimum atomic E-state index is -0.519. The van der Waals surface area contributed by atoms with Crippen molar-refractivity contribution in [2.24, 2.45) is 5.73 Å². The lowest BCUT2D eigenvalue weighted by atomic mass is 10.0. The van der Waals surface area contributed by atoms with Gasteiger partial charge < -0.3 is 11.1 Å². The smallest absolute Gasteiger partial charge is 0.282 e. The zero-order valence-corrected chi connectivity index (χ0v) is 12.2. The molecule has 0 heterocycles. The van der Waals surface area contributed by atoms with Gasteiger partial charge in [-0.15, -0.1) is 0 Å². The van der Waals surface area contributed by atoms with E-state index in [1.807, 2.05) is 0 Å². The third-order valence-electron chi connectivity index (χ3n) is 4.06. The van der Waals surface area contributed by atoms with Crippen molar-refractivity contribution in [1.82, 2.24) is 5.32 Å². The molecule has 1 aliphatic rings. The molecule has 0 aromatic heterocycles. The largest absolute Gasteiger partial charge is 0.348 e. The molecule has 1 saturated carbocycles. The predicted molar refractivity (Wildman–Crippen MR) is 80.1 cm³/mol. The molecule has 0 bridgehead atoms. The number of nitrogens with zero attached hydrogens (tertiary/aromatic N) is 1. The van der Waals surface area contributed by atoms with Crippen molar-refractivity contribution < 1.29 is 9.72 Å². The Kier molecular flexibility index (Phi) is 4.90. The summed E-state index contributed by atoms with van der Waals surface area (Å²) in [6.45, 7) is 1.70. The molecule has 0 saturated heterocycles. The Hall–Kier alpha value is -1.95. The first-order chi connectivity index (χ1) is 10.0. The highest BCUT2D eigenvalue weighted by atomic mass is 16.6. The van der Waals surface area contributed by atoms with Gasteiger partial charge in [0.25, 0.3) is 11.6 Å². The Balaban J connectivity index is 2.22. The number of nitro benzene ring substituents is 1. The monoisotopic (exact) mass is 291 g/mol. The number of nitro groups is 1. The SMILES string of the molecule is Cc1cccc([N+](=O)[O-])c1C(=O)NC1CCCCCC1N. The average molecular weight is 291 g/mol. The number of benzene rings is 1. The van der Waals surface area contributed by atoms with E-state index in [0.717, 1.165) is 32.1 Å². The maximum atomic E-state index is 12.4. The number of hydrogen-bond donors (Lipinski definition) is 2. The first kappa shape index (κ1) is 15.4. The number of carbonyl (C=O) groups excluding carboxylic acids is 1. The van der Waals surface area contributed by atoms with Crippen LogP contribution in [-0.4, -0.2) is 22.9 Å². The molecule has 3 N–H and O–H groups in total. The topological polar surface area (TPSA) is 98.3 Å². The summed E-state index contributed by atoms with van der Waals surface area (Å²) in [6.07, 6.45) is 4.91. The Morgan fingerprint density at radius 1 is 1.33 bits per heavy atom. The fraction of sp³-hybridized carbons (Fsp3) is 0.533. The minimum Gasteiger partial charge on any atom is -0.348 e. The lowest BCUT2D eigenvalue weighted by Crippen LogP contribution is -2.47. The van der Waals surface area contributed by atoms with Crippen LogP contribution in [0, 0.1) is 17.0 Å². The number of nitrogens with two attached hydrogens (primary N) is 1. The predicted octanol–water partition coefficient (Wildman–Crippen LogP) is 2.29. The van der Waals surface area contributed by atoms with Crippen molar-refractivity contribution >= 4 is 11.6 Å². The number of aryl methyl sites for hydroxylation is 1.